The van der Waals surface area contributed by atoms with Crippen LogP contribution in [0.15, 0.2) is 0 Å². The van der Waals surface area contributed by atoms with Gasteiger partial charge in [0, 0.05) is 6.42 Å². The maximum atomic E-state index is 9.12. The first-order chi connectivity index (χ1) is 9.89. The first kappa shape index (κ1) is 21.6. The van der Waals surface area contributed by atoms with Gasteiger partial charge in [-0.25, -0.2) is 0 Å². The van der Waals surface area contributed by atoms with Crippen LogP contribution in [0, 0.1) is 11.3 Å². The number of nitrogens with zero attached hydrogens (tertiary/aromatic N) is 1. The highest BCUT2D eigenvalue weighted by molar-refractivity contribution is 6.74. The maximum Gasteiger partial charge on any atom is 0.192 e. The van der Waals surface area contributed by atoms with E-state index in [0.717, 1.165) is 0 Å². The third kappa shape index (κ3) is 8.28. The van der Waals surface area contributed by atoms with E-state index in [-0.39, 0.29) is 29.6 Å². The average molecular weight is 330 g/mol. The van der Waals surface area contributed by atoms with Crippen LogP contribution >= 0.6 is 0 Å². The van der Waals surface area contributed by atoms with Crippen LogP contribution in [0.5, 0.6) is 0 Å². The molecule has 0 unspecified atom stereocenters. The molecule has 0 saturated heterocycles. The quantitative estimate of drug-likeness (QED) is 0.448. The summed E-state index contributed by atoms with van der Waals surface area (Å²) in [6.07, 6.45) is 0.651. The van der Waals surface area contributed by atoms with Crippen molar-refractivity contribution in [3.63, 3.8) is 0 Å². The lowest BCUT2D eigenvalue weighted by Gasteiger charge is -2.39. The molecule has 22 heavy (non-hydrogen) atoms. The molecule has 0 aromatic heterocycles. The lowest BCUT2D eigenvalue weighted by molar-refractivity contribution is -0.192. The summed E-state index contributed by atoms with van der Waals surface area (Å²) >= 11 is 0. The fourth-order valence-corrected chi connectivity index (χ4v) is 3.20. The fraction of sp³-hybridized carbons (Fsp3) is 0.941. The third-order valence-electron chi connectivity index (χ3n) is 3.89. The van der Waals surface area contributed by atoms with Crippen molar-refractivity contribution in [3.05, 3.63) is 0 Å². The summed E-state index contributed by atoms with van der Waals surface area (Å²) in [6.45, 7) is 19.0. The van der Waals surface area contributed by atoms with Gasteiger partial charge in [0.2, 0.25) is 0 Å². The Bertz CT molecular complexity index is 346. The smallest absolute Gasteiger partial charge is 0.192 e. The van der Waals surface area contributed by atoms with E-state index in [0.29, 0.717) is 12.8 Å². The van der Waals surface area contributed by atoms with E-state index in [1.54, 1.807) is 0 Å². The van der Waals surface area contributed by atoms with Gasteiger partial charge >= 0.3 is 0 Å². The van der Waals surface area contributed by atoms with Crippen molar-refractivity contribution in [1.29, 1.82) is 5.26 Å². The SMILES string of the molecule is CC(C)OC(C[C@@H](CC#N)O[Si](C)(C)C(C)(C)C)OC(C)C. The van der Waals surface area contributed by atoms with E-state index in [1.807, 2.05) is 27.7 Å². The van der Waals surface area contributed by atoms with Gasteiger partial charge < -0.3 is 13.9 Å². The van der Waals surface area contributed by atoms with E-state index in [9.17, 15) is 0 Å². The van der Waals surface area contributed by atoms with Gasteiger partial charge in [0.05, 0.1) is 30.8 Å². The minimum Gasteiger partial charge on any atom is -0.413 e. The second-order valence-electron chi connectivity index (χ2n) is 7.90. The highest BCUT2D eigenvalue weighted by Crippen LogP contribution is 2.38. The molecule has 0 fully saturated rings. The standard InChI is InChI=1S/C17H35NO3Si/c1-13(2)19-16(20-14(3)4)12-15(10-11-18)21-22(8,9)17(5,6)7/h13-16H,10,12H2,1-9H3/t15-/m1/s1. The van der Waals surface area contributed by atoms with Crippen LogP contribution in [0.1, 0.15) is 61.3 Å². The third-order valence-corrected chi connectivity index (χ3v) is 8.42. The molecule has 0 aromatic rings. The maximum absolute atomic E-state index is 9.12. The predicted molar refractivity (Wildman–Crippen MR) is 93.1 cm³/mol. The first-order valence-corrected chi connectivity index (χ1v) is 11.2. The largest absolute Gasteiger partial charge is 0.413 e. The number of rotatable bonds is 9. The van der Waals surface area contributed by atoms with Crippen molar-refractivity contribution in [1.82, 2.24) is 0 Å². The summed E-state index contributed by atoms with van der Waals surface area (Å²) in [5, 5.41) is 9.24. The molecule has 0 aliphatic rings. The van der Waals surface area contributed by atoms with Crippen LogP contribution in [0.2, 0.25) is 18.1 Å². The number of hydrogen-bond acceptors (Lipinski definition) is 4. The van der Waals surface area contributed by atoms with Crippen molar-refractivity contribution >= 4 is 8.32 Å². The van der Waals surface area contributed by atoms with Gasteiger partial charge in [0.25, 0.3) is 0 Å². The Kier molecular flexibility index (Phi) is 8.85. The number of nitriles is 1. The summed E-state index contributed by atoms with van der Waals surface area (Å²) in [5.41, 5.74) is 0. The molecule has 0 rings (SSSR count). The van der Waals surface area contributed by atoms with Crippen LogP contribution in [-0.4, -0.2) is 32.9 Å². The molecule has 0 aromatic carbocycles. The topological polar surface area (TPSA) is 51.5 Å². The molecule has 0 aliphatic heterocycles. The van der Waals surface area contributed by atoms with Crippen LogP contribution in [0.3, 0.4) is 0 Å². The molecular formula is C17H35NO3Si. The zero-order valence-electron chi connectivity index (χ0n) is 15.9. The van der Waals surface area contributed by atoms with Crippen LogP contribution in [-0.2, 0) is 13.9 Å². The molecule has 0 amide bonds. The zero-order valence-corrected chi connectivity index (χ0v) is 16.9. The highest BCUT2D eigenvalue weighted by Gasteiger charge is 2.39. The minimum absolute atomic E-state index is 0.0827. The summed E-state index contributed by atoms with van der Waals surface area (Å²) in [6, 6.07) is 2.24. The van der Waals surface area contributed by atoms with Crippen molar-refractivity contribution < 1.29 is 13.9 Å². The Morgan fingerprint density at radius 1 is 1.00 bits per heavy atom. The van der Waals surface area contributed by atoms with Gasteiger partial charge in [0.1, 0.15) is 0 Å². The molecule has 0 spiro atoms. The molecule has 130 valence electrons. The molecule has 0 heterocycles. The second-order valence-corrected chi connectivity index (χ2v) is 12.7. The van der Waals surface area contributed by atoms with E-state index in [1.165, 1.54) is 0 Å². The van der Waals surface area contributed by atoms with Crippen molar-refractivity contribution in [2.75, 3.05) is 0 Å². The Morgan fingerprint density at radius 2 is 1.45 bits per heavy atom. The molecule has 0 aliphatic carbocycles. The van der Waals surface area contributed by atoms with E-state index in [4.69, 9.17) is 19.2 Å². The first-order valence-electron chi connectivity index (χ1n) is 8.24. The molecular weight excluding hydrogens is 294 g/mol. The van der Waals surface area contributed by atoms with Gasteiger partial charge in [0.15, 0.2) is 14.6 Å². The fourth-order valence-electron chi connectivity index (χ4n) is 1.83. The lowest BCUT2D eigenvalue weighted by atomic mass is 10.2. The zero-order chi connectivity index (χ0) is 17.6. The summed E-state index contributed by atoms with van der Waals surface area (Å²) in [5.74, 6) is 0. The predicted octanol–water partition coefficient (Wildman–Crippen LogP) is 4.86. The highest BCUT2D eigenvalue weighted by atomic mass is 28.4. The normalized spacial score (nSPS) is 14.7. The van der Waals surface area contributed by atoms with Gasteiger partial charge in [-0.2, -0.15) is 5.26 Å². The van der Waals surface area contributed by atoms with E-state index >= 15 is 0 Å². The molecule has 0 bridgehead atoms. The summed E-state index contributed by atoms with van der Waals surface area (Å²) in [7, 11) is -1.91. The Balaban J connectivity index is 4.95. The van der Waals surface area contributed by atoms with Crippen LogP contribution in [0.4, 0.5) is 0 Å². The minimum atomic E-state index is -1.91. The molecule has 0 saturated carbocycles. The molecule has 5 heteroatoms. The van der Waals surface area contributed by atoms with Gasteiger partial charge in [-0.15, -0.1) is 0 Å². The van der Waals surface area contributed by atoms with Gasteiger partial charge in [-0.05, 0) is 45.8 Å². The summed E-state index contributed by atoms with van der Waals surface area (Å²) in [4.78, 5) is 0. The average Bonchev–Trinajstić information content (AvgIpc) is 2.24. The monoisotopic (exact) mass is 329 g/mol. The van der Waals surface area contributed by atoms with Crippen molar-refractivity contribution in [2.45, 2.75) is 104 Å². The Hall–Kier alpha value is -0.413. The molecule has 4 nitrogen and oxygen atoms in total. The Labute approximate surface area is 138 Å². The van der Waals surface area contributed by atoms with Crippen LogP contribution in [0.25, 0.3) is 0 Å². The van der Waals surface area contributed by atoms with Gasteiger partial charge in [-0.3, -0.25) is 0 Å². The lowest BCUT2D eigenvalue weighted by Crippen LogP contribution is -2.45. The van der Waals surface area contributed by atoms with Crippen molar-refractivity contribution in [3.8, 4) is 6.07 Å². The Morgan fingerprint density at radius 3 is 1.77 bits per heavy atom. The van der Waals surface area contributed by atoms with E-state index in [2.05, 4.69) is 39.9 Å². The second kappa shape index (κ2) is 9.02. The molecule has 0 N–H and O–H groups in total. The van der Waals surface area contributed by atoms with Gasteiger partial charge in [-0.1, -0.05) is 20.8 Å². The van der Waals surface area contributed by atoms with E-state index < -0.39 is 8.32 Å². The molecule has 0 radical (unpaired) electrons. The van der Waals surface area contributed by atoms with Crippen molar-refractivity contribution in [2.24, 2.45) is 0 Å². The summed E-state index contributed by atoms with van der Waals surface area (Å²) < 4.78 is 18.1. The molecule has 1 atom stereocenters. The number of hydrogen-bond donors (Lipinski definition) is 0. The van der Waals surface area contributed by atoms with Crippen LogP contribution < -0.4 is 0 Å². The number of ether oxygens (including phenoxy) is 2.